The molecule has 3 heterocycles. The van der Waals surface area contributed by atoms with Crippen molar-refractivity contribution >= 4 is 44.0 Å². The van der Waals surface area contributed by atoms with E-state index < -0.39 is 10.0 Å². The first-order valence-electron chi connectivity index (χ1n) is 9.64. The maximum absolute atomic E-state index is 12.9. The minimum atomic E-state index is -3.55. The average Bonchev–Trinajstić information content (AvgIpc) is 3.29. The Bertz CT molecular complexity index is 934. The number of anilines is 1. The average molecular weight is 455 g/mol. The molecule has 2 saturated heterocycles. The summed E-state index contributed by atoms with van der Waals surface area (Å²) in [4.78, 5) is 21.6. The molecular formula is C19H23ClN4O3S2. The number of sulfonamides is 1. The van der Waals surface area contributed by atoms with Gasteiger partial charge in [-0.3, -0.25) is 4.79 Å². The van der Waals surface area contributed by atoms with E-state index >= 15 is 0 Å². The van der Waals surface area contributed by atoms with Crippen molar-refractivity contribution in [2.75, 3.05) is 44.2 Å². The lowest BCUT2D eigenvalue weighted by Gasteiger charge is -2.38. The minimum Gasteiger partial charge on any atom is -0.345 e. The third-order valence-electron chi connectivity index (χ3n) is 5.54. The van der Waals surface area contributed by atoms with Gasteiger partial charge in [-0.25, -0.2) is 13.4 Å². The fourth-order valence-corrected chi connectivity index (χ4v) is 6.14. The summed E-state index contributed by atoms with van der Waals surface area (Å²) < 4.78 is 27.1. The predicted octanol–water partition coefficient (Wildman–Crippen LogP) is 2.55. The topological polar surface area (TPSA) is 73.8 Å². The van der Waals surface area contributed by atoms with Gasteiger partial charge in [-0.1, -0.05) is 11.6 Å². The van der Waals surface area contributed by atoms with Gasteiger partial charge in [0.25, 0.3) is 0 Å². The first-order valence-corrected chi connectivity index (χ1v) is 12.3. The van der Waals surface area contributed by atoms with Crippen LogP contribution in [0.25, 0.3) is 0 Å². The number of piperidine rings is 1. The number of piperazine rings is 1. The monoisotopic (exact) mass is 454 g/mol. The molecule has 1 aromatic carbocycles. The van der Waals surface area contributed by atoms with Crippen LogP contribution >= 0.6 is 22.9 Å². The summed E-state index contributed by atoms with van der Waals surface area (Å²) in [6, 6.07) is 6.21. The van der Waals surface area contributed by atoms with Crippen LogP contribution in [-0.4, -0.2) is 67.8 Å². The highest BCUT2D eigenvalue weighted by molar-refractivity contribution is 7.89. The SMILES string of the molecule is O=C(C1CCN(S(=O)(=O)c2ccc(Cl)cc2)CC1)N1CCN(c2nccs2)CC1. The van der Waals surface area contributed by atoms with Gasteiger partial charge in [0.05, 0.1) is 4.90 Å². The van der Waals surface area contributed by atoms with Gasteiger partial charge in [-0.2, -0.15) is 4.31 Å². The molecule has 1 aromatic heterocycles. The number of nitrogens with zero attached hydrogens (tertiary/aromatic N) is 4. The lowest BCUT2D eigenvalue weighted by Crippen LogP contribution is -2.52. The van der Waals surface area contributed by atoms with Gasteiger partial charge < -0.3 is 9.80 Å². The van der Waals surface area contributed by atoms with Gasteiger partial charge in [0, 0.05) is 61.8 Å². The van der Waals surface area contributed by atoms with Crippen LogP contribution in [0.4, 0.5) is 5.13 Å². The fourth-order valence-electron chi connectivity index (χ4n) is 3.85. The van der Waals surface area contributed by atoms with E-state index in [-0.39, 0.29) is 16.7 Å². The first-order chi connectivity index (χ1) is 13.9. The zero-order chi connectivity index (χ0) is 20.4. The summed E-state index contributed by atoms with van der Waals surface area (Å²) in [6.45, 7) is 3.65. The fraction of sp³-hybridized carbons (Fsp3) is 0.474. The summed E-state index contributed by atoms with van der Waals surface area (Å²) in [5, 5.41) is 3.46. The minimum absolute atomic E-state index is 0.113. The van der Waals surface area contributed by atoms with Crippen molar-refractivity contribution < 1.29 is 13.2 Å². The summed E-state index contributed by atoms with van der Waals surface area (Å²) in [5.41, 5.74) is 0. The van der Waals surface area contributed by atoms with Gasteiger partial charge in [0.2, 0.25) is 15.9 Å². The standard InChI is InChI=1S/C19H23ClN4O3S2/c20-16-1-3-17(4-2-16)29(26,27)24-8-5-15(6-9-24)18(25)22-10-12-23(13-11-22)19-21-7-14-28-19/h1-4,7,14-15H,5-6,8-13H2. The van der Waals surface area contributed by atoms with Crippen LogP contribution in [0.5, 0.6) is 0 Å². The maximum Gasteiger partial charge on any atom is 0.243 e. The molecule has 2 aliphatic rings. The largest absolute Gasteiger partial charge is 0.345 e. The molecule has 2 aliphatic heterocycles. The molecule has 29 heavy (non-hydrogen) atoms. The Hall–Kier alpha value is -1.68. The zero-order valence-electron chi connectivity index (χ0n) is 15.9. The summed E-state index contributed by atoms with van der Waals surface area (Å²) in [5.74, 6) is 0.0328. The van der Waals surface area contributed by atoms with Crippen LogP contribution in [0.1, 0.15) is 12.8 Å². The highest BCUT2D eigenvalue weighted by atomic mass is 35.5. The lowest BCUT2D eigenvalue weighted by atomic mass is 9.96. The van der Waals surface area contributed by atoms with E-state index in [4.69, 9.17) is 11.6 Å². The first kappa shape index (κ1) is 20.6. The molecule has 156 valence electrons. The number of halogens is 1. The van der Waals surface area contributed by atoms with Gasteiger partial charge in [0.15, 0.2) is 5.13 Å². The van der Waals surface area contributed by atoms with Crippen molar-refractivity contribution in [3.63, 3.8) is 0 Å². The summed E-state index contributed by atoms with van der Waals surface area (Å²) in [7, 11) is -3.55. The Morgan fingerprint density at radius 2 is 1.69 bits per heavy atom. The molecule has 1 amide bonds. The number of carbonyl (C=O) groups is 1. The molecule has 0 atom stereocenters. The normalized spacial score (nSPS) is 19.5. The Morgan fingerprint density at radius 1 is 1.03 bits per heavy atom. The van der Waals surface area contributed by atoms with Crippen LogP contribution in [0.2, 0.25) is 5.02 Å². The summed E-state index contributed by atoms with van der Waals surface area (Å²) in [6.07, 6.45) is 2.90. The van der Waals surface area contributed by atoms with E-state index in [0.29, 0.717) is 44.0 Å². The number of carbonyl (C=O) groups excluding carboxylic acids is 1. The number of aromatic nitrogens is 1. The third kappa shape index (κ3) is 4.42. The quantitative estimate of drug-likeness (QED) is 0.709. The van der Waals surface area contributed by atoms with E-state index in [9.17, 15) is 13.2 Å². The predicted molar refractivity (Wildman–Crippen MR) is 114 cm³/mol. The van der Waals surface area contributed by atoms with E-state index in [2.05, 4.69) is 9.88 Å². The second-order valence-electron chi connectivity index (χ2n) is 7.26. The van der Waals surface area contributed by atoms with Crippen molar-refractivity contribution in [2.24, 2.45) is 5.92 Å². The van der Waals surface area contributed by atoms with E-state index in [1.165, 1.54) is 16.4 Å². The Labute approximate surface area is 179 Å². The van der Waals surface area contributed by atoms with Crippen molar-refractivity contribution in [3.8, 4) is 0 Å². The lowest BCUT2D eigenvalue weighted by molar-refractivity contribution is -0.137. The van der Waals surface area contributed by atoms with Crippen molar-refractivity contribution in [1.29, 1.82) is 0 Å². The number of hydrogen-bond acceptors (Lipinski definition) is 6. The van der Waals surface area contributed by atoms with Gasteiger partial charge in [-0.15, -0.1) is 11.3 Å². The molecule has 0 bridgehead atoms. The van der Waals surface area contributed by atoms with Crippen molar-refractivity contribution in [1.82, 2.24) is 14.2 Å². The highest BCUT2D eigenvalue weighted by Gasteiger charge is 2.34. The van der Waals surface area contributed by atoms with Crippen LogP contribution in [0.3, 0.4) is 0 Å². The van der Waals surface area contributed by atoms with Crippen molar-refractivity contribution in [3.05, 3.63) is 40.9 Å². The molecule has 0 aliphatic carbocycles. The molecule has 10 heteroatoms. The molecule has 4 rings (SSSR count). The van der Waals surface area contributed by atoms with Crippen LogP contribution in [0, 0.1) is 5.92 Å². The van der Waals surface area contributed by atoms with E-state index in [1.807, 2.05) is 10.3 Å². The summed E-state index contributed by atoms with van der Waals surface area (Å²) >= 11 is 7.47. The van der Waals surface area contributed by atoms with Crippen LogP contribution in [0.15, 0.2) is 40.7 Å². The third-order valence-corrected chi connectivity index (χ3v) is 8.53. The number of rotatable bonds is 4. The molecule has 0 radical (unpaired) electrons. The van der Waals surface area contributed by atoms with Gasteiger partial charge >= 0.3 is 0 Å². The van der Waals surface area contributed by atoms with Crippen LogP contribution < -0.4 is 4.90 Å². The number of hydrogen-bond donors (Lipinski definition) is 0. The van der Waals surface area contributed by atoms with Gasteiger partial charge in [0.1, 0.15) is 0 Å². The Morgan fingerprint density at radius 3 is 2.28 bits per heavy atom. The van der Waals surface area contributed by atoms with Crippen molar-refractivity contribution in [2.45, 2.75) is 17.7 Å². The van der Waals surface area contributed by atoms with Gasteiger partial charge in [-0.05, 0) is 37.1 Å². The van der Waals surface area contributed by atoms with Crippen LogP contribution in [-0.2, 0) is 14.8 Å². The molecular weight excluding hydrogens is 432 g/mol. The molecule has 2 fully saturated rings. The molecule has 0 spiro atoms. The number of benzene rings is 1. The molecule has 7 nitrogen and oxygen atoms in total. The Balaban J connectivity index is 1.31. The second kappa shape index (κ2) is 8.59. The molecule has 0 saturated carbocycles. The molecule has 0 N–H and O–H groups in total. The molecule has 0 unspecified atom stereocenters. The maximum atomic E-state index is 12.9. The van der Waals surface area contributed by atoms with E-state index in [0.717, 1.165) is 18.2 Å². The van der Waals surface area contributed by atoms with E-state index in [1.54, 1.807) is 29.7 Å². The zero-order valence-corrected chi connectivity index (χ0v) is 18.3. The molecule has 2 aromatic rings. The smallest absolute Gasteiger partial charge is 0.243 e. The Kier molecular flexibility index (Phi) is 6.10. The number of thiazole rings is 1. The number of amides is 1. The highest BCUT2D eigenvalue weighted by Crippen LogP contribution is 2.27. The second-order valence-corrected chi connectivity index (χ2v) is 10.5.